The normalized spacial score (nSPS) is 27.4. The van der Waals surface area contributed by atoms with Crippen LogP contribution in [0.15, 0.2) is 22.7 Å². The number of carbonyl (C=O) groups excluding carboxylic acids is 2. The number of rotatable bonds is 3. The molecule has 0 bridgehead atoms. The van der Waals surface area contributed by atoms with Crippen LogP contribution in [-0.4, -0.2) is 29.5 Å². The molecule has 0 aromatic heterocycles. The zero-order valence-electron chi connectivity index (χ0n) is 13.4. The van der Waals surface area contributed by atoms with Crippen molar-refractivity contribution >= 4 is 27.9 Å². The summed E-state index contributed by atoms with van der Waals surface area (Å²) in [5.74, 6) is 1.27. The van der Waals surface area contributed by atoms with E-state index >= 15 is 0 Å². The molecule has 1 aliphatic carbocycles. The third kappa shape index (κ3) is 2.96. The second kappa shape index (κ2) is 6.15. The maximum absolute atomic E-state index is 12.8. The smallest absolute Gasteiger partial charge is 0.325 e. The molecule has 2 fully saturated rings. The number of imide groups is 1. The van der Waals surface area contributed by atoms with Crippen molar-refractivity contribution in [3.05, 3.63) is 28.2 Å². The van der Waals surface area contributed by atoms with E-state index in [1.54, 1.807) is 7.11 Å². The molecule has 1 aliphatic heterocycles. The Morgan fingerprint density at radius 1 is 1.35 bits per heavy atom. The number of urea groups is 1. The summed E-state index contributed by atoms with van der Waals surface area (Å²) in [6.45, 7) is 2.48. The number of methoxy groups -OCH3 is 1. The average Bonchev–Trinajstić information content (AvgIpc) is 2.75. The Morgan fingerprint density at radius 3 is 2.65 bits per heavy atom. The van der Waals surface area contributed by atoms with Gasteiger partial charge in [0.2, 0.25) is 0 Å². The van der Waals surface area contributed by atoms with Gasteiger partial charge < -0.3 is 10.1 Å². The van der Waals surface area contributed by atoms with Crippen molar-refractivity contribution in [2.45, 2.75) is 44.7 Å². The van der Waals surface area contributed by atoms with Crippen LogP contribution in [0.25, 0.3) is 0 Å². The minimum Gasteiger partial charge on any atom is -0.496 e. The number of hydrogen-bond acceptors (Lipinski definition) is 3. The maximum Gasteiger partial charge on any atom is 0.325 e. The van der Waals surface area contributed by atoms with Crippen molar-refractivity contribution in [2.75, 3.05) is 7.11 Å². The summed E-state index contributed by atoms with van der Waals surface area (Å²) in [5.41, 5.74) is 0.218. The highest BCUT2D eigenvalue weighted by molar-refractivity contribution is 9.10. The zero-order valence-corrected chi connectivity index (χ0v) is 15.0. The van der Waals surface area contributed by atoms with Crippen molar-refractivity contribution in [1.29, 1.82) is 0 Å². The summed E-state index contributed by atoms with van der Waals surface area (Å²) in [6.07, 6.45) is 3.44. The van der Waals surface area contributed by atoms with Crippen molar-refractivity contribution in [3.63, 3.8) is 0 Å². The first kappa shape index (κ1) is 16.3. The molecular formula is C17H21BrN2O3. The molecule has 124 valence electrons. The third-order valence-corrected chi connectivity index (χ3v) is 5.55. The van der Waals surface area contributed by atoms with Crippen LogP contribution < -0.4 is 10.1 Å². The first-order chi connectivity index (χ1) is 10.9. The van der Waals surface area contributed by atoms with Crippen LogP contribution in [0.5, 0.6) is 5.75 Å². The molecule has 1 spiro atoms. The highest BCUT2D eigenvalue weighted by Gasteiger charge is 2.51. The molecule has 5 nitrogen and oxygen atoms in total. The predicted molar refractivity (Wildman–Crippen MR) is 90.1 cm³/mol. The van der Waals surface area contributed by atoms with E-state index in [0.29, 0.717) is 5.92 Å². The van der Waals surface area contributed by atoms with Gasteiger partial charge in [-0.3, -0.25) is 9.69 Å². The van der Waals surface area contributed by atoms with E-state index in [1.807, 2.05) is 18.2 Å². The molecule has 1 saturated carbocycles. The lowest BCUT2D eigenvalue weighted by Gasteiger charge is -2.33. The Bertz CT molecular complexity index is 639. The highest BCUT2D eigenvalue weighted by atomic mass is 79.9. The Kier molecular flexibility index (Phi) is 4.36. The molecule has 0 radical (unpaired) electrons. The summed E-state index contributed by atoms with van der Waals surface area (Å²) in [7, 11) is 1.60. The predicted octanol–water partition coefficient (Wildman–Crippen LogP) is 3.46. The van der Waals surface area contributed by atoms with Crippen LogP contribution in [-0.2, 0) is 11.3 Å². The first-order valence-electron chi connectivity index (χ1n) is 7.92. The van der Waals surface area contributed by atoms with Gasteiger partial charge in [-0.2, -0.15) is 0 Å². The van der Waals surface area contributed by atoms with Gasteiger partial charge in [-0.1, -0.05) is 13.0 Å². The molecule has 0 atom stereocenters. The van der Waals surface area contributed by atoms with Crippen LogP contribution in [0.3, 0.4) is 0 Å². The fourth-order valence-electron chi connectivity index (χ4n) is 3.40. The largest absolute Gasteiger partial charge is 0.496 e. The van der Waals surface area contributed by atoms with Gasteiger partial charge in [-0.25, -0.2) is 4.79 Å². The highest BCUT2D eigenvalue weighted by Crippen LogP contribution is 2.37. The summed E-state index contributed by atoms with van der Waals surface area (Å²) >= 11 is 3.43. The number of hydrogen-bond donors (Lipinski definition) is 1. The molecule has 0 unspecified atom stereocenters. The summed E-state index contributed by atoms with van der Waals surface area (Å²) < 4.78 is 6.02. The molecule has 23 heavy (non-hydrogen) atoms. The van der Waals surface area contributed by atoms with Crippen LogP contribution in [0.1, 0.15) is 38.2 Å². The lowest BCUT2D eigenvalue weighted by molar-refractivity contribution is -0.133. The van der Waals surface area contributed by atoms with Gasteiger partial charge in [-0.15, -0.1) is 0 Å². The van der Waals surface area contributed by atoms with Gasteiger partial charge in [0, 0.05) is 0 Å². The number of halogens is 1. The minimum atomic E-state index is -0.673. The molecule has 2 aliphatic rings. The van der Waals surface area contributed by atoms with E-state index in [2.05, 4.69) is 28.2 Å². The first-order valence-corrected chi connectivity index (χ1v) is 8.71. The minimum absolute atomic E-state index is 0.0821. The summed E-state index contributed by atoms with van der Waals surface area (Å²) in [6, 6.07) is 5.30. The number of ether oxygens (including phenoxy) is 1. The Morgan fingerprint density at radius 2 is 2.04 bits per heavy atom. The van der Waals surface area contributed by atoms with E-state index in [4.69, 9.17) is 4.74 Å². The molecule has 1 N–H and O–H groups in total. The standard InChI is InChI=1S/C17H21BrN2O3/c1-11-5-7-17(8-6-11)15(21)20(16(22)19-17)10-12-3-4-14(23-2)13(18)9-12/h3-4,9,11H,5-8,10H2,1-2H3,(H,19,22). The summed E-state index contributed by atoms with van der Waals surface area (Å²) in [4.78, 5) is 26.5. The van der Waals surface area contributed by atoms with Gasteiger partial charge in [0.05, 0.1) is 18.1 Å². The van der Waals surface area contributed by atoms with Gasteiger partial charge in [0.25, 0.3) is 5.91 Å². The molecule has 1 aromatic carbocycles. The lowest BCUT2D eigenvalue weighted by Crippen LogP contribution is -2.49. The van der Waals surface area contributed by atoms with E-state index < -0.39 is 5.54 Å². The Labute approximate surface area is 144 Å². The maximum atomic E-state index is 12.8. The van der Waals surface area contributed by atoms with E-state index in [1.165, 1.54) is 4.90 Å². The topological polar surface area (TPSA) is 58.6 Å². The van der Waals surface area contributed by atoms with Gasteiger partial charge >= 0.3 is 6.03 Å². The number of nitrogens with zero attached hydrogens (tertiary/aromatic N) is 1. The monoisotopic (exact) mass is 380 g/mol. The van der Waals surface area contributed by atoms with Gasteiger partial charge in [-0.05, 0) is 65.2 Å². The average molecular weight is 381 g/mol. The SMILES string of the molecule is COc1ccc(CN2C(=O)NC3(CCC(C)CC3)C2=O)cc1Br. The van der Waals surface area contributed by atoms with Crippen molar-refractivity contribution < 1.29 is 14.3 Å². The van der Waals surface area contributed by atoms with Crippen LogP contribution in [0.4, 0.5) is 4.79 Å². The third-order valence-electron chi connectivity index (χ3n) is 4.93. The van der Waals surface area contributed by atoms with Gasteiger partial charge in [0.15, 0.2) is 0 Å². The van der Waals surface area contributed by atoms with Gasteiger partial charge in [0.1, 0.15) is 11.3 Å². The molecule has 1 heterocycles. The molecular weight excluding hydrogens is 360 g/mol. The van der Waals surface area contributed by atoms with Crippen molar-refractivity contribution in [1.82, 2.24) is 10.2 Å². The molecule has 3 amide bonds. The van der Waals surface area contributed by atoms with Crippen molar-refractivity contribution in [2.24, 2.45) is 5.92 Å². The number of carbonyl (C=O) groups is 2. The molecule has 3 rings (SSSR count). The number of benzene rings is 1. The molecule has 1 saturated heterocycles. The second-order valence-electron chi connectivity index (χ2n) is 6.55. The molecule has 1 aromatic rings. The second-order valence-corrected chi connectivity index (χ2v) is 7.41. The van der Waals surface area contributed by atoms with Crippen LogP contribution in [0.2, 0.25) is 0 Å². The van der Waals surface area contributed by atoms with E-state index in [0.717, 1.165) is 41.5 Å². The number of nitrogens with one attached hydrogen (secondary N) is 1. The summed E-state index contributed by atoms with van der Waals surface area (Å²) in [5, 5.41) is 2.95. The fourth-order valence-corrected chi connectivity index (χ4v) is 3.99. The van der Waals surface area contributed by atoms with Crippen molar-refractivity contribution in [3.8, 4) is 5.75 Å². The Hall–Kier alpha value is -1.56. The van der Waals surface area contributed by atoms with Crippen LogP contribution >= 0.6 is 15.9 Å². The van der Waals surface area contributed by atoms with E-state index in [9.17, 15) is 9.59 Å². The number of amides is 3. The molecule has 6 heteroatoms. The lowest BCUT2D eigenvalue weighted by atomic mass is 9.77. The zero-order chi connectivity index (χ0) is 16.6. The quantitative estimate of drug-likeness (QED) is 0.816. The Balaban J connectivity index is 1.77. The van der Waals surface area contributed by atoms with E-state index in [-0.39, 0.29) is 18.5 Å². The fraction of sp³-hybridized carbons (Fsp3) is 0.529. The van der Waals surface area contributed by atoms with Crippen LogP contribution in [0, 0.1) is 5.92 Å².